The van der Waals surface area contributed by atoms with Crippen LogP contribution in [0.25, 0.3) is 42.4 Å². The Morgan fingerprint density at radius 1 is 0.338 bits per heavy atom. The van der Waals surface area contributed by atoms with Gasteiger partial charge in [-0.2, -0.15) is 0 Å². The van der Waals surface area contributed by atoms with Crippen molar-refractivity contribution in [1.29, 1.82) is 0 Å². The molecule has 0 fully saturated rings. The molecular formula is C71H48N2S. The Hall–Kier alpha value is -8.76. The third-order valence-corrected chi connectivity index (χ3v) is 18.5. The van der Waals surface area contributed by atoms with Crippen LogP contribution in [0.2, 0.25) is 0 Å². The molecule has 0 amide bonds. The number of thiophene rings is 1. The van der Waals surface area contributed by atoms with E-state index in [-0.39, 0.29) is 5.41 Å². The summed E-state index contributed by atoms with van der Waals surface area (Å²) in [6, 6.07) is 96.8. The molecule has 0 atom stereocenters. The van der Waals surface area contributed by atoms with Gasteiger partial charge < -0.3 is 9.80 Å². The molecule has 3 heteroatoms. The molecule has 348 valence electrons. The monoisotopic (exact) mass is 960 g/mol. The van der Waals surface area contributed by atoms with Crippen LogP contribution in [0.1, 0.15) is 69.5 Å². The molecule has 2 spiro atoms. The molecule has 11 aromatic carbocycles. The Morgan fingerprint density at radius 3 is 1.49 bits per heavy atom. The molecule has 1 aliphatic heterocycles. The van der Waals surface area contributed by atoms with Gasteiger partial charge in [-0.1, -0.05) is 214 Å². The van der Waals surface area contributed by atoms with Crippen LogP contribution in [0.4, 0.5) is 34.1 Å². The van der Waals surface area contributed by atoms with Gasteiger partial charge in [0.1, 0.15) is 0 Å². The van der Waals surface area contributed by atoms with Crippen LogP contribution in [0.15, 0.2) is 255 Å². The molecular weight excluding hydrogens is 913 g/mol. The fourth-order valence-electron chi connectivity index (χ4n) is 14.4. The van der Waals surface area contributed by atoms with Crippen molar-refractivity contribution in [3.8, 4) is 22.3 Å². The lowest BCUT2D eigenvalue weighted by molar-refractivity contribution is 0.619. The third-order valence-electron chi connectivity index (χ3n) is 17.3. The first kappa shape index (κ1) is 41.8. The molecule has 74 heavy (non-hydrogen) atoms. The van der Waals surface area contributed by atoms with Gasteiger partial charge in [-0.15, -0.1) is 11.3 Å². The van der Waals surface area contributed by atoms with E-state index in [1.807, 2.05) is 11.3 Å². The lowest BCUT2D eigenvalue weighted by atomic mass is 9.50. The lowest BCUT2D eigenvalue weighted by Crippen LogP contribution is -2.47. The minimum Gasteiger partial charge on any atom is -0.310 e. The predicted octanol–water partition coefficient (Wildman–Crippen LogP) is 18.7. The minimum absolute atomic E-state index is 0.174. The van der Waals surface area contributed by atoms with Crippen LogP contribution in [0, 0.1) is 0 Å². The molecule has 0 saturated heterocycles. The number of para-hydroxylation sites is 2. The Morgan fingerprint density at radius 2 is 0.811 bits per heavy atom. The van der Waals surface area contributed by atoms with E-state index in [0.29, 0.717) is 0 Å². The number of rotatable bonds is 4. The summed E-state index contributed by atoms with van der Waals surface area (Å²) in [6.45, 7) is 4.78. The summed E-state index contributed by atoms with van der Waals surface area (Å²) in [5.41, 5.74) is 23.9. The summed E-state index contributed by atoms with van der Waals surface area (Å²) in [4.78, 5) is 5.09. The van der Waals surface area contributed by atoms with Gasteiger partial charge >= 0.3 is 0 Å². The first-order valence-electron chi connectivity index (χ1n) is 25.9. The zero-order valence-electron chi connectivity index (χ0n) is 41.1. The zero-order valence-corrected chi connectivity index (χ0v) is 41.9. The van der Waals surface area contributed by atoms with Crippen LogP contribution in [-0.4, -0.2) is 0 Å². The Kier molecular flexibility index (Phi) is 8.56. The van der Waals surface area contributed by atoms with Crippen molar-refractivity contribution in [2.75, 3.05) is 9.80 Å². The molecule has 2 heterocycles. The maximum atomic E-state index is 2.55. The topological polar surface area (TPSA) is 6.48 Å². The maximum Gasteiger partial charge on any atom is 0.0748 e. The molecule has 4 aliphatic rings. The molecule has 2 nitrogen and oxygen atoms in total. The van der Waals surface area contributed by atoms with Gasteiger partial charge in [-0.25, -0.2) is 0 Å². The number of anilines is 6. The van der Waals surface area contributed by atoms with Gasteiger partial charge in [0.2, 0.25) is 0 Å². The predicted molar refractivity (Wildman–Crippen MR) is 309 cm³/mol. The molecule has 16 rings (SSSR count). The summed E-state index contributed by atoms with van der Waals surface area (Å²) in [7, 11) is 0. The number of nitrogens with zero attached hydrogens (tertiary/aromatic N) is 2. The number of hydrogen-bond acceptors (Lipinski definition) is 3. The van der Waals surface area contributed by atoms with Crippen molar-refractivity contribution in [1.82, 2.24) is 0 Å². The Balaban J connectivity index is 1.01. The van der Waals surface area contributed by atoms with Crippen LogP contribution < -0.4 is 9.80 Å². The van der Waals surface area contributed by atoms with Crippen molar-refractivity contribution < 1.29 is 0 Å². The third kappa shape index (κ3) is 5.24. The van der Waals surface area contributed by atoms with E-state index in [9.17, 15) is 0 Å². The second-order valence-corrected chi connectivity index (χ2v) is 22.1. The molecule has 0 radical (unpaired) electrons. The SMILES string of the molecule is CC1(C)c2ccccc2-c2ccc(N(c3ccc4c(c3)N(c3ccccc3)c3ccccc3C43c4ccccc4C4(c5ccccc5-c5ccccc54)c4ccccc43)c3cccc4c3sc3ccccc34)cc21. The summed E-state index contributed by atoms with van der Waals surface area (Å²) in [6.07, 6.45) is 0. The van der Waals surface area contributed by atoms with E-state index in [1.54, 1.807) is 0 Å². The van der Waals surface area contributed by atoms with E-state index in [1.165, 1.54) is 109 Å². The highest BCUT2D eigenvalue weighted by molar-refractivity contribution is 7.26. The minimum atomic E-state index is -0.694. The fraction of sp³-hybridized carbons (Fsp3) is 0.0704. The van der Waals surface area contributed by atoms with Crippen molar-refractivity contribution in [3.63, 3.8) is 0 Å². The van der Waals surface area contributed by atoms with Crippen molar-refractivity contribution in [2.45, 2.75) is 30.1 Å². The van der Waals surface area contributed by atoms with E-state index >= 15 is 0 Å². The van der Waals surface area contributed by atoms with Gasteiger partial charge in [0.15, 0.2) is 0 Å². The zero-order chi connectivity index (χ0) is 48.9. The van der Waals surface area contributed by atoms with Crippen LogP contribution in [-0.2, 0) is 16.2 Å². The van der Waals surface area contributed by atoms with E-state index in [4.69, 9.17) is 0 Å². The van der Waals surface area contributed by atoms with Crippen LogP contribution in [0.5, 0.6) is 0 Å². The van der Waals surface area contributed by atoms with Crippen LogP contribution in [0.3, 0.4) is 0 Å². The molecule has 1 aromatic heterocycles. The van der Waals surface area contributed by atoms with E-state index in [2.05, 4.69) is 278 Å². The fourth-order valence-corrected chi connectivity index (χ4v) is 15.6. The molecule has 0 unspecified atom stereocenters. The average Bonchev–Trinajstić information content (AvgIpc) is 4.11. The maximum absolute atomic E-state index is 2.55. The number of fused-ring (bicyclic) bond motifs is 21. The molecule has 0 bridgehead atoms. The summed E-state index contributed by atoms with van der Waals surface area (Å²) in [5, 5.41) is 2.57. The molecule has 0 saturated carbocycles. The van der Waals surface area contributed by atoms with Gasteiger partial charge in [0.05, 0.1) is 32.6 Å². The second kappa shape index (κ2) is 15.1. The van der Waals surface area contributed by atoms with Gasteiger partial charge in [-0.05, 0) is 132 Å². The van der Waals surface area contributed by atoms with E-state index < -0.39 is 10.8 Å². The molecule has 0 N–H and O–H groups in total. The lowest BCUT2D eigenvalue weighted by Gasteiger charge is -2.53. The van der Waals surface area contributed by atoms with Gasteiger partial charge in [0.25, 0.3) is 0 Å². The summed E-state index contributed by atoms with van der Waals surface area (Å²) < 4.78 is 2.56. The highest BCUT2D eigenvalue weighted by atomic mass is 32.1. The Labute approximate surface area is 435 Å². The standard InChI is InChI=1S/C71H48N2S/c1-69(2)54-28-10-6-23-48(54)51-41-39-46(43-63(51)69)72(65-37-20-27-53-52-26-9-19-38-67(52)74-68(53)65)47-40-42-62-66(44-47)73(45-21-4-3-5-22-45)64-36-18-17-35-61(64)71(62)59-33-15-13-31-57(59)70(58-32-14-16-34-60(58)71)55-29-11-7-24-49(55)50-25-8-12-30-56(50)70/h3-44H,1-2H3. The average molecular weight is 961 g/mol. The number of hydrogen-bond donors (Lipinski definition) is 0. The molecule has 12 aromatic rings. The smallest absolute Gasteiger partial charge is 0.0748 e. The van der Waals surface area contributed by atoms with Crippen molar-refractivity contribution >= 4 is 65.6 Å². The quantitative estimate of drug-likeness (QED) is 0.173. The number of benzene rings is 11. The largest absolute Gasteiger partial charge is 0.310 e. The second-order valence-electron chi connectivity index (χ2n) is 21.1. The summed E-state index contributed by atoms with van der Waals surface area (Å²) in [5.74, 6) is 0. The van der Waals surface area contributed by atoms with Crippen LogP contribution >= 0.6 is 11.3 Å². The van der Waals surface area contributed by atoms with Crippen molar-refractivity contribution in [2.24, 2.45) is 0 Å². The van der Waals surface area contributed by atoms with E-state index in [0.717, 1.165) is 22.7 Å². The highest BCUT2D eigenvalue weighted by Gasteiger charge is 2.59. The Bertz CT molecular complexity index is 4230. The van der Waals surface area contributed by atoms with Crippen molar-refractivity contribution in [3.05, 3.63) is 310 Å². The van der Waals surface area contributed by atoms with Gasteiger partial charge in [0, 0.05) is 37.9 Å². The highest BCUT2D eigenvalue weighted by Crippen LogP contribution is 2.68. The molecule has 3 aliphatic carbocycles. The van der Waals surface area contributed by atoms with Gasteiger partial charge in [-0.3, -0.25) is 0 Å². The normalized spacial score (nSPS) is 15.2. The first-order valence-corrected chi connectivity index (χ1v) is 26.7. The summed E-state index contributed by atoms with van der Waals surface area (Å²) >= 11 is 1.89. The first-order chi connectivity index (χ1) is 36.5.